The smallest absolute Gasteiger partial charge is 0.433 e. The SMILES string of the molecule is CCC(OC(=O)NOC)N(C(C)=O)C(=O)OCCN(CC)CC. The summed E-state index contributed by atoms with van der Waals surface area (Å²) in [5, 5.41) is 0. The first-order valence-electron chi connectivity index (χ1n) is 7.59. The number of hydrogen-bond acceptors (Lipinski definition) is 7. The van der Waals surface area contributed by atoms with E-state index in [0.29, 0.717) is 6.54 Å². The van der Waals surface area contributed by atoms with E-state index in [0.717, 1.165) is 18.0 Å². The zero-order valence-electron chi connectivity index (χ0n) is 14.5. The molecule has 0 aliphatic rings. The number of nitrogens with zero attached hydrogens (tertiary/aromatic N) is 2. The third-order valence-corrected chi connectivity index (χ3v) is 3.13. The van der Waals surface area contributed by atoms with Gasteiger partial charge in [-0.05, 0) is 13.1 Å². The topological polar surface area (TPSA) is 97.4 Å². The Kier molecular flexibility index (Phi) is 10.7. The van der Waals surface area contributed by atoms with Crippen LogP contribution in [0.2, 0.25) is 0 Å². The molecule has 3 amide bonds. The monoisotopic (exact) mass is 333 g/mol. The molecule has 9 nitrogen and oxygen atoms in total. The Labute approximate surface area is 136 Å². The highest BCUT2D eigenvalue weighted by Gasteiger charge is 2.30. The standard InChI is InChI=1S/C14H27N3O6/c1-6-12(23-13(19)15-21-5)17(11(4)18)14(20)22-10-9-16(7-2)8-3/h12H,6-10H2,1-5H3,(H,15,19). The molecule has 0 aliphatic carbocycles. The number of imide groups is 1. The van der Waals surface area contributed by atoms with Gasteiger partial charge in [-0.2, -0.15) is 5.48 Å². The lowest BCUT2D eigenvalue weighted by Crippen LogP contribution is -2.47. The predicted octanol–water partition coefficient (Wildman–Crippen LogP) is 1.34. The van der Waals surface area contributed by atoms with E-state index in [1.54, 1.807) is 6.92 Å². The van der Waals surface area contributed by atoms with Crippen molar-refractivity contribution >= 4 is 18.1 Å². The zero-order valence-corrected chi connectivity index (χ0v) is 14.5. The third kappa shape index (κ3) is 7.80. The second-order valence-corrected chi connectivity index (χ2v) is 4.60. The van der Waals surface area contributed by atoms with E-state index >= 15 is 0 Å². The molecule has 1 unspecified atom stereocenters. The van der Waals surface area contributed by atoms with Crippen LogP contribution in [0.4, 0.5) is 9.59 Å². The second-order valence-electron chi connectivity index (χ2n) is 4.60. The van der Waals surface area contributed by atoms with Gasteiger partial charge in [-0.25, -0.2) is 14.5 Å². The van der Waals surface area contributed by atoms with Crippen LogP contribution in [0.3, 0.4) is 0 Å². The number of rotatable bonds is 9. The van der Waals surface area contributed by atoms with Crippen LogP contribution in [-0.2, 0) is 19.1 Å². The number of nitrogens with one attached hydrogen (secondary N) is 1. The van der Waals surface area contributed by atoms with Crippen molar-refractivity contribution in [1.29, 1.82) is 0 Å². The summed E-state index contributed by atoms with van der Waals surface area (Å²) < 4.78 is 10.1. The van der Waals surface area contributed by atoms with Crippen LogP contribution < -0.4 is 5.48 Å². The van der Waals surface area contributed by atoms with Crippen LogP contribution in [0.1, 0.15) is 34.1 Å². The van der Waals surface area contributed by atoms with Gasteiger partial charge in [0.25, 0.3) is 0 Å². The molecule has 0 rings (SSSR count). The van der Waals surface area contributed by atoms with Crippen molar-refractivity contribution in [3.8, 4) is 0 Å². The third-order valence-electron chi connectivity index (χ3n) is 3.13. The Hall–Kier alpha value is -1.87. The van der Waals surface area contributed by atoms with Crippen LogP contribution >= 0.6 is 0 Å². The predicted molar refractivity (Wildman–Crippen MR) is 82.4 cm³/mol. The normalized spacial score (nSPS) is 11.7. The maximum Gasteiger partial charge on any atom is 0.433 e. The Morgan fingerprint density at radius 1 is 1.13 bits per heavy atom. The van der Waals surface area contributed by atoms with Gasteiger partial charge in [0.05, 0.1) is 7.11 Å². The van der Waals surface area contributed by atoms with Gasteiger partial charge in [0.2, 0.25) is 5.91 Å². The van der Waals surface area contributed by atoms with E-state index in [1.807, 2.05) is 19.3 Å². The van der Waals surface area contributed by atoms with Crippen molar-refractivity contribution in [1.82, 2.24) is 15.3 Å². The lowest BCUT2D eigenvalue weighted by Gasteiger charge is -2.27. The molecule has 1 N–H and O–H groups in total. The average molecular weight is 333 g/mol. The molecule has 0 radical (unpaired) electrons. The van der Waals surface area contributed by atoms with E-state index in [2.05, 4.69) is 9.74 Å². The van der Waals surface area contributed by atoms with Crippen LogP contribution in [0.5, 0.6) is 0 Å². The van der Waals surface area contributed by atoms with Gasteiger partial charge < -0.3 is 14.4 Å². The zero-order chi connectivity index (χ0) is 17.8. The maximum absolute atomic E-state index is 12.1. The van der Waals surface area contributed by atoms with Gasteiger partial charge in [-0.1, -0.05) is 20.8 Å². The van der Waals surface area contributed by atoms with E-state index in [9.17, 15) is 14.4 Å². The number of hydrogen-bond donors (Lipinski definition) is 1. The minimum absolute atomic E-state index is 0.144. The number of amides is 3. The Morgan fingerprint density at radius 2 is 1.74 bits per heavy atom. The number of ether oxygens (including phenoxy) is 2. The Morgan fingerprint density at radius 3 is 2.17 bits per heavy atom. The molecule has 134 valence electrons. The van der Waals surface area contributed by atoms with Crippen LogP contribution in [0.25, 0.3) is 0 Å². The summed E-state index contributed by atoms with van der Waals surface area (Å²) in [5.74, 6) is -0.574. The fourth-order valence-corrected chi connectivity index (χ4v) is 1.87. The molecule has 0 saturated heterocycles. The van der Waals surface area contributed by atoms with E-state index in [4.69, 9.17) is 9.47 Å². The van der Waals surface area contributed by atoms with Crippen LogP contribution in [-0.4, -0.2) is 67.5 Å². The lowest BCUT2D eigenvalue weighted by molar-refractivity contribution is -0.136. The summed E-state index contributed by atoms with van der Waals surface area (Å²) in [4.78, 5) is 42.5. The first-order chi connectivity index (χ1) is 10.9. The molecule has 0 spiro atoms. The molecule has 0 aromatic heterocycles. The van der Waals surface area contributed by atoms with E-state index in [1.165, 1.54) is 14.0 Å². The first kappa shape index (κ1) is 21.1. The van der Waals surface area contributed by atoms with Gasteiger partial charge in [-0.3, -0.25) is 9.63 Å². The molecule has 0 saturated carbocycles. The molecule has 1 atom stereocenters. The first-order valence-corrected chi connectivity index (χ1v) is 7.59. The van der Waals surface area contributed by atoms with Crippen molar-refractivity contribution in [2.45, 2.75) is 40.3 Å². The fourth-order valence-electron chi connectivity index (χ4n) is 1.87. The Bertz CT molecular complexity index is 387. The van der Waals surface area contributed by atoms with Crippen molar-refractivity contribution < 1.29 is 28.7 Å². The highest BCUT2D eigenvalue weighted by atomic mass is 16.7. The molecular formula is C14H27N3O6. The van der Waals surface area contributed by atoms with Gasteiger partial charge in [-0.15, -0.1) is 0 Å². The largest absolute Gasteiger partial charge is 0.448 e. The molecule has 0 aromatic carbocycles. The summed E-state index contributed by atoms with van der Waals surface area (Å²) in [6, 6.07) is 0. The highest BCUT2D eigenvalue weighted by molar-refractivity contribution is 5.91. The number of likely N-dealkylation sites (N-methyl/N-ethyl adjacent to an activating group) is 1. The summed E-state index contributed by atoms with van der Waals surface area (Å²) in [5.41, 5.74) is 1.96. The summed E-state index contributed by atoms with van der Waals surface area (Å²) in [6.07, 6.45) is -2.59. The molecule has 23 heavy (non-hydrogen) atoms. The van der Waals surface area contributed by atoms with E-state index in [-0.39, 0.29) is 13.0 Å². The van der Waals surface area contributed by atoms with Crippen molar-refractivity contribution in [2.75, 3.05) is 33.4 Å². The molecule has 0 aliphatic heterocycles. The van der Waals surface area contributed by atoms with Gasteiger partial charge >= 0.3 is 12.2 Å². The summed E-state index contributed by atoms with van der Waals surface area (Å²) in [7, 11) is 1.24. The number of hydroxylamine groups is 1. The van der Waals surface area contributed by atoms with Gasteiger partial charge in [0.15, 0.2) is 6.23 Å². The van der Waals surface area contributed by atoms with Crippen molar-refractivity contribution in [3.63, 3.8) is 0 Å². The summed E-state index contributed by atoms with van der Waals surface area (Å²) >= 11 is 0. The second kappa shape index (κ2) is 11.7. The molecular weight excluding hydrogens is 306 g/mol. The number of carbonyl (C=O) groups excluding carboxylic acids is 3. The summed E-state index contributed by atoms with van der Waals surface area (Å²) in [6.45, 7) is 9.25. The molecule has 0 heterocycles. The van der Waals surface area contributed by atoms with Crippen molar-refractivity contribution in [2.24, 2.45) is 0 Å². The molecule has 9 heteroatoms. The average Bonchev–Trinajstić information content (AvgIpc) is 2.50. The quantitative estimate of drug-likeness (QED) is 0.502. The lowest BCUT2D eigenvalue weighted by atomic mass is 10.3. The fraction of sp³-hybridized carbons (Fsp3) is 0.786. The van der Waals surface area contributed by atoms with Crippen LogP contribution in [0, 0.1) is 0 Å². The van der Waals surface area contributed by atoms with Gasteiger partial charge in [0.1, 0.15) is 6.61 Å². The van der Waals surface area contributed by atoms with Gasteiger partial charge in [0, 0.05) is 19.9 Å². The Balaban J connectivity index is 4.70. The minimum Gasteiger partial charge on any atom is -0.448 e. The van der Waals surface area contributed by atoms with Crippen LogP contribution in [0.15, 0.2) is 0 Å². The highest BCUT2D eigenvalue weighted by Crippen LogP contribution is 2.10. The molecule has 0 fully saturated rings. The van der Waals surface area contributed by atoms with E-state index < -0.39 is 24.3 Å². The molecule has 0 aromatic rings. The maximum atomic E-state index is 12.1. The molecule has 0 bridgehead atoms. The van der Waals surface area contributed by atoms with Crippen molar-refractivity contribution in [3.05, 3.63) is 0 Å². The number of carbonyl (C=O) groups is 3. The minimum atomic E-state index is -1.07.